The molecule has 2 aromatic rings. The first-order chi connectivity index (χ1) is 14.1. The van der Waals surface area contributed by atoms with Gasteiger partial charge >= 0.3 is 0 Å². The third kappa shape index (κ3) is 7.03. The normalized spacial score (nSPS) is 17.7. The van der Waals surface area contributed by atoms with Gasteiger partial charge in [-0.3, -0.25) is 9.69 Å². The molecule has 1 aliphatic heterocycles. The molecule has 1 fully saturated rings. The standard InChI is InChI=1S/C18H23N3OS.C6H12O/c1-12(20-18(22)16-5-4-10-21(16)3)14-6-8-15(9-7-14)17-13(2)19-11-23-17;1-6(2,3)4-5-7/h6-9,11-12,16H,4-5,10H2,1-3H3,(H,20,22);5H,4H2,1-3H3. The fourth-order valence-corrected chi connectivity index (χ4v) is 4.20. The summed E-state index contributed by atoms with van der Waals surface area (Å²) in [5.74, 6) is 0.139. The van der Waals surface area contributed by atoms with Crippen LogP contribution >= 0.6 is 11.3 Å². The Balaban J connectivity index is 0.000000396. The van der Waals surface area contributed by atoms with E-state index in [0.717, 1.165) is 36.9 Å². The van der Waals surface area contributed by atoms with E-state index in [-0.39, 0.29) is 23.4 Å². The highest BCUT2D eigenvalue weighted by atomic mass is 32.1. The smallest absolute Gasteiger partial charge is 0.237 e. The Bertz CT molecular complexity index is 824. The van der Waals surface area contributed by atoms with Crippen LogP contribution in [-0.4, -0.2) is 41.7 Å². The number of amides is 1. The van der Waals surface area contributed by atoms with Crippen molar-refractivity contribution in [1.82, 2.24) is 15.2 Å². The molecule has 30 heavy (non-hydrogen) atoms. The van der Waals surface area contributed by atoms with Gasteiger partial charge in [-0.2, -0.15) is 0 Å². The van der Waals surface area contributed by atoms with Gasteiger partial charge in [-0.1, -0.05) is 45.0 Å². The van der Waals surface area contributed by atoms with Crippen LogP contribution in [-0.2, 0) is 9.59 Å². The topological polar surface area (TPSA) is 62.3 Å². The van der Waals surface area contributed by atoms with E-state index in [2.05, 4.69) is 39.5 Å². The average Bonchev–Trinajstić information content (AvgIpc) is 3.29. The van der Waals surface area contributed by atoms with Crippen molar-refractivity contribution >= 4 is 23.5 Å². The molecule has 1 N–H and O–H groups in total. The van der Waals surface area contributed by atoms with Gasteiger partial charge in [0.05, 0.1) is 28.2 Å². The maximum atomic E-state index is 12.4. The predicted octanol–water partition coefficient (Wildman–Crippen LogP) is 5.01. The van der Waals surface area contributed by atoms with Gasteiger partial charge in [-0.15, -0.1) is 11.3 Å². The van der Waals surface area contributed by atoms with E-state index >= 15 is 0 Å². The fourth-order valence-electron chi connectivity index (χ4n) is 3.39. The van der Waals surface area contributed by atoms with Gasteiger partial charge in [0.2, 0.25) is 5.91 Å². The summed E-state index contributed by atoms with van der Waals surface area (Å²) in [5, 5.41) is 3.14. The zero-order chi connectivity index (χ0) is 22.3. The second kappa shape index (κ2) is 10.8. The fraction of sp³-hybridized carbons (Fsp3) is 0.542. The lowest BCUT2D eigenvalue weighted by Crippen LogP contribution is -2.42. The second-order valence-electron chi connectivity index (χ2n) is 9.19. The summed E-state index contributed by atoms with van der Waals surface area (Å²) in [6.45, 7) is 11.2. The molecular formula is C24H35N3O2S. The highest BCUT2D eigenvalue weighted by molar-refractivity contribution is 7.13. The third-order valence-corrected chi connectivity index (χ3v) is 6.27. The molecule has 6 heteroatoms. The van der Waals surface area contributed by atoms with Crippen molar-refractivity contribution in [3.05, 3.63) is 41.0 Å². The minimum atomic E-state index is 0.0214. The van der Waals surface area contributed by atoms with Crippen LogP contribution in [0, 0.1) is 12.3 Å². The van der Waals surface area contributed by atoms with Gasteiger partial charge in [-0.25, -0.2) is 4.98 Å². The van der Waals surface area contributed by atoms with E-state index in [1.165, 1.54) is 10.4 Å². The second-order valence-corrected chi connectivity index (χ2v) is 10.0. The van der Waals surface area contributed by atoms with Crippen LogP contribution in [0.25, 0.3) is 10.4 Å². The molecule has 0 radical (unpaired) electrons. The molecule has 2 heterocycles. The van der Waals surface area contributed by atoms with E-state index in [0.29, 0.717) is 6.42 Å². The number of hydrogen-bond acceptors (Lipinski definition) is 5. The van der Waals surface area contributed by atoms with Gasteiger partial charge in [0.1, 0.15) is 6.29 Å². The van der Waals surface area contributed by atoms with Crippen LogP contribution < -0.4 is 5.32 Å². The predicted molar refractivity (Wildman–Crippen MR) is 125 cm³/mol. The van der Waals surface area contributed by atoms with Gasteiger partial charge < -0.3 is 10.1 Å². The number of likely N-dealkylation sites (N-methyl/N-ethyl adjacent to an activating group) is 1. The Kier molecular flexibility index (Phi) is 8.74. The summed E-state index contributed by atoms with van der Waals surface area (Å²) in [4.78, 5) is 29.8. The van der Waals surface area contributed by atoms with Crippen LogP contribution in [0.3, 0.4) is 0 Å². The first-order valence-corrected chi connectivity index (χ1v) is 11.4. The summed E-state index contributed by atoms with van der Waals surface area (Å²) in [5.41, 5.74) is 5.43. The van der Waals surface area contributed by atoms with Gasteiger partial charge in [-0.05, 0) is 56.8 Å². The minimum absolute atomic E-state index is 0.0214. The van der Waals surface area contributed by atoms with Crippen molar-refractivity contribution in [3.63, 3.8) is 0 Å². The third-order valence-electron chi connectivity index (χ3n) is 5.30. The van der Waals surface area contributed by atoms with Crippen molar-refractivity contribution in [2.24, 2.45) is 5.41 Å². The van der Waals surface area contributed by atoms with Gasteiger partial charge in [0.15, 0.2) is 0 Å². The molecule has 2 unspecified atom stereocenters. The lowest BCUT2D eigenvalue weighted by molar-refractivity contribution is -0.125. The van der Waals surface area contributed by atoms with Crippen molar-refractivity contribution in [3.8, 4) is 10.4 Å². The quantitative estimate of drug-likeness (QED) is 0.679. The Morgan fingerprint density at radius 3 is 2.43 bits per heavy atom. The lowest BCUT2D eigenvalue weighted by Gasteiger charge is -2.22. The number of carbonyl (C=O) groups is 2. The Morgan fingerprint density at radius 2 is 2.00 bits per heavy atom. The van der Waals surface area contributed by atoms with E-state index < -0.39 is 0 Å². The first kappa shape index (κ1) is 24.2. The largest absolute Gasteiger partial charge is 0.348 e. The first-order valence-electron chi connectivity index (χ1n) is 10.6. The Labute approximate surface area is 184 Å². The van der Waals surface area contributed by atoms with Crippen LogP contribution in [0.2, 0.25) is 0 Å². The molecule has 0 saturated carbocycles. The van der Waals surface area contributed by atoms with Crippen molar-refractivity contribution in [2.45, 2.75) is 66.0 Å². The van der Waals surface area contributed by atoms with E-state index in [1.807, 2.05) is 47.2 Å². The molecule has 0 bridgehead atoms. The zero-order valence-electron chi connectivity index (χ0n) is 19.1. The molecule has 3 rings (SSSR count). The van der Waals surface area contributed by atoms with E-state index in [1.54, 1.807) is 11.3 Å². The van der Waals surface area contributed by atoms with Crippen LogP contribution in [0.1, 0.15) is 64.3 Å². The number of likely N-dealkylation sites (tertiary alicyclic amines) is 1. The van der Waals surface area contributed by atoms with Gasteiger partial charge in [0, 0.05) is 6.42 Å². The molecule has 0 aliphatic carbocycles. The molecule has 5 nitrogen and oxygen atoms in total. The summed E-state index contributed by atoms with van der Waals surface area (Å²) in [6, 6.07) is 8.46. The molecule has 2 atom stereocenters. The average molecular weight is 430 g/mol. The number of benzene rings is 1. The number of rotatable bonds is 5. The van der Waals surface area contributed by atoms with Gasteiger partial charge in [0.25, 0.3) is 0 Å². The molecule has 1 amide bonds. The van der Waals surface area contributed by atoms with Crippen molar-refractivity contribution < 1.29 is 9.59 Å². The number of thiazole rings is 1. The number of carbonyl (C=O) groups excluding carboxylic acids is 2. The zero-order valence-corrected chi connectivity index (χ0v) is 19.9. The molecule has 1 saturated heterocycles. The van der Waals surface area contributed by atoms with Crippen LogP contribution in [0.15, 0.2) is 29.8 Å². The minimum Gasteiger partial charge on any atom is -0.348 e. The number of aldehydes is 1. The van der Waals surface area contributed by atoms with Crippen LogP contribution in [0.5, 0.6) is 0 Å². The molecule has 1 aromatic heterocycles. The Hall–Kier alpha value is -2.05. The Morgan fingerprint density at radius 1 is 1.33 bits per heavy atom. The molecule has 1 aromatic carbocycles. The van der Waals surface area contributed by atoms with Crippen molar-refractivity contribution in [2.75, 3.05) is 13.6 Å². The van der Waals surface area contributed by atoms with E-state index in [9.17, 15) is 9.59 Å². The summed E-state index contributed by atoms with van der Waals surface area (Å²) in [7, 11) is 2.02. The molecule has 0 spiro atoms. The SMILES string of the molecule is CC(C)(C)CC=O.Cc1ncsc1-c1ccc(C(C)NC(=O)C2CCCN2C)cc1. The lowest BCUT2D eigenvalue weighted by atomic mass is 9.93. The number of aryl methyl sites for hydroxylation is 1. The maximum Gasteiger partial charge on any atom is 0.237 e. The maximum absolute atomic E-state index is 12.4. The molecular weight excluding hydrogens is 394 g/mol. The monoisotopic (exact) mass is 429 g/mol. The van der Waals surface area contributed by atoms with Crippen LogP contribution in [0.4, 0.5) is 0 Å². The summed E-state index contributed by atoms with van der Waals surface area (Å²) >= 11 is 1.66. The number of aromatic nitrogens is 1. The highest BCUT2D eigenvalue weighted by Crippen LogP contribution is 2.28. The molecule has 164 valence electrons. The van der Waals surface area contributed by atoms with E-state index in [4.69, 9.17) is 0 Å². The highest BCUT2D eigenvalue weighted by Gasteiger charge is 2.28. The summed E-state index contributed by atoms with van der Waals surface area (Å²) in [6.07, 6.45) is 3.68. The number of hydrogen-bond donors (Lipinski definition) is 1. The molecule has 1 aliphatic rings. The number of nitrogens with zero attached hydrogens (tertiary/aromatic N) is 2. The number of nitrogens with one attached hydrogen (secondary N) is 1. The summed E-state index contributed by atoms with van der Waals surface area (Å²) < 4.78 is 0. The van der Waals surface area contributed by atoms with Crippen molar-refractivity contribution in [1.29, 1.82) is 0 Å².